The second kappa shape index (κ2) is 8.96. The summed E-state index contributed by atoms with van der Waals surface area (Å²) >= 11 is 0. The van der Waals surface area contributed by atoms with Crippen LogP contribution in [0.15, 0.2) is 49.2 Å². The maximum Gasteiger partial charge on any atom is 0.223 e. The van der Waals surface area contributed by atoms with Gasteiger partial charge in [0.05, 0.1) is 23.5 Å². The van der Waals surface area contributed by atoms with E-state index >= 15 is 0 Å². The Balaban J connectivity index is 1.44. The summed E-state index contributed by atoms with van der Waals surface area (Å²) in [4.78, 5) is 20.8. The third kappa shape index (κ3) is 3.97. The van der Waals surface area contributed by atoms with Gasteiger partial charge in [0, 0.05) is 87.0 Å². The molecule has 0 spiro atoms. The Morgan fingerprint density at radius 2 is 1.88 bits per heavy atom. The summed E-state index contributed by atoms with van der Waals surface area (Å²) in [6, 6.07) is 8.30. The van der Waals surface area contributed by atoms with E-state index < -0.39 is 0 Å². The second-order valence-electron chi connectivity index (χ2n) is 8.32. The van der Waals surface area contributed by atoms with Gasteiger partial charge in [-0.3, -0.25) is 9.48 Å². The van der Waals surface area contributed by atoms with Crippen LogP contribution in [0.4, 0.5) is 5.82 Å². The number of pyridine rings is 2. The van der Waals surface area contributed by atoms with Gasteiger partial charge in [0.25, 0.3) is 0 Å². The van der Waals surface area contributed by atoms with Gasteiger partial charge in [-0.25, -0.2) is 9.50 Å². The highest BCUT2D eigenvalue weighted by Gasteiger charge is 2.22. The lowest BCUT2D eigenvalue weighted by molar-refractivity contribution is -0.131. The number of anilines is 1. The molecule has 0 atom stereocenters. The molecule has 5 heterocycles. The zero-order valence-corrected chi connectivity index (χ0v) is 18.9. The lowest BCUT2D eigenvalue weighted by Gasteiger charge is -2.35. The highest BCUT2D eigenvalue weighted by Crippen LogP contribution is 2.32. The smallest absolute Gasteiger partial charge is 0.223 e. The third-order valence-corrected chi connectivity index (χ3v) is 6.14. The number of fused-ring (bicyclic) bond motifs is 1. The maximum atomic E-state index is 12.1. The van der Waals surface area contributed by atoms with Gasteiger partial charge in [0.1, 0.15) is 11.9 Å². The average molecular weight is 456 g/mol. The van der Waals surface area contributed by atoms with Crippen molar-refractivity contribution in [3.63, 3.8) is 0 Å². The van der Waals surface area contributed by atoms with Crippen LogP contribution in [0.2, 0.25) is 0 Å². The molecule has 4 aromatic heterocycles. The summed E-state index contributed by atoms with van der Waals surface area (Å²) in [7, 11) is 1.88. The van der Waals surface area contributed by atoms with E-state index in [9.17, 15) is 10.1 Å². The van der Waals surface area contributed by atoms with E-state index in [1.807, 2.05) is 48.7 Å². The van der Waals surface area contributed by atoms with E-state index in [0.717, 1.165) is 46.7 Å². The monoisotopic (exact) mass is 455 g/mol. The normalized spacial score (nSPS) is 13.9. The molecule has 1 fully saturated rings. The number of aromatic nitrogens is 5. The zero-order valence-electron chi connectivity index (χ0n) is 18.9. The van der Waals surface area contributed by atoms with Gasteiger partial charge >= 0.3 is 0 Å². The number of rotatable bonds is 5. The molecule has 172 valence electrons. The Bertz CT molecular complexity index is 1370. The number of hydrogen-bond donors (Lipinski definition) is 1. The van der Waals surface area contributed by atoms with Crippen LogP contribution in [-0.4, -0.2) is 67.9 Å². The number of nitrogens with zero attached hydrogens (tertiary/aromatic N) is 8. The fourth-order valence-electron chi connectivity index (χ4n) is 4.35. The molecule has 10 heteroatoms. The molecule has 0 bridgehead atoms. The molecule has 1 aliphatic rings. The van der Waals surface area contributed by atoms with Crippen LogP contribution >= 0.6 is 0 Å². The average Bonchev–Trinajstić information content (AvgIpc) is 3.50. The van der Waals surface area contributed by atoms with Gasteiger partial charge in [0.15, 0.2) is 0 Å². The van der Waals surface area contributed by atoms with Gasteiger partial charge in [-0.1, -0.05) is 0 Å². The van der Waals surface area contributed by atoms with E-state index in [1.165, 1.54) is 0 Å². The topological polar surface area (TPSA) is 121 Å². The summed E-state index contributed by atoms with van der Waals surface area (Å²) in [6.45, 7) is 3.16. The molecule has 1 saturated heterocycles. The fourth-order valence-corrected chi connectivity index (χ4v) is 4.35. The van der Waals surface area contributed by atoms with Gasteiger partial charge < -0.3 is 15.5 Å². The first-order valence-corrected chi connectivity index (χ1v) is 11.2. The molecule has 5 rings (SSSR count). The van der Waals surface area contributed by atoms with Crippen LogP contribution in [0.3, 0.4) is 0 Å². The molecule has 4 aromatic rings. The van der Waals surface area contributed by atoms with Gasteiger partial charge in [-0.15, -0.1) is 0 Å². The Morgan fingerprint density at radius 1 is 1.06 bits per heavy atom. The summed E-state index contributed by atoms with van der Waals surface area (Å²) in [6.07, 6.45) is 9.46. The maximum absolute atomic E-state index is 12.1. The number of carbonyl (C=O) groups excluding carboxylic acids is 1. The molecule has 0 saturated carbocycles. The summed E-state index contributed by atoms with van der Waals surface area (Å²) in [5, 5.41) is 18.3. The number of hydrogen-bond acceptors (Lipinski definition) is 7. The Labute approximate surface area is 196 Å². The fraction of sp³-hybridized carbons (Fsp3) is 0.292. The minimum atomic E-state index is 0.108. The molecule has 0 radical (unpaired) electrons. The van der Waals surface area contributed by atoms with E-state index in [2.05, 4.69) is 21.2 Å². The molecule has 1 amide bonds. The highest BCUT2D eigenvalue weighted by molar-refractivity contribution is 5.87. The van der Waals surface area contributed by atoms with Crippen molar-refractivity contribution in [3.05, 3.63) is 54.7 Å². The standard InChI is InChI=1S/C24H25N9O/c1-30-15-20(14-28-30)18-10-21(24-19(11-26)13-29-33(24)16-18)17-2-3-22(27-12-17)31-6-8-32(9-7-31)23(34)4-5-25/h2-3,10,12-16H,4-9,25H2,1H3. The molecule has 10 nitrogen and oxygen atoms in total. The van der Waals surface area contributed by atoms with Crippen LogP contribution in [0.25, 0.3) is 27.8 Å². The van der Waals surface area contributed by atoms with Crippen LogP contribution in [0.1, 0.15) is 12.0 Å². The van der Waals surface area contributed by atoms with Crippen molar-refractivity contribution in [2.24, 2.45) is 12.8 Å². The SMILES string of the molecule is Cn1cc(-c2cc(-c3ccc(N4CCN(C(=O)CCN)CC4)nc3)c3c(C#N)cnn3c2)cn1. The molecular weight excluding hydrogens is 430 g/mol. The minimum absolute atomic E-state index is 0.108. The number of aryl methyl sites for hydroxylation is 1. The molecule has 0 aromatic carbocycles. The molecule has 0 unspecified atom stereocenters. The van der Waals surface area contributed by atoms with Crippen LogP contribution < -0.4 is 10.6 Å². The first-order chi connectivity index (χ1) is 16.6. The van der Waals surface area contributed by atoms with Crippen molar-refractivity contribution < 1.29 is 4.79 Å². The number of amides is 1. The Hall–Kier alpha value is -4.23. The van der Waals surface area contributed by atoms with E-state index in [0.29, 0.717) is 31.6 Å². The van der Waals surface area contributed by atoms with Crippen LogP contribution in [0, 0.1) is 11.3 Å². The third-order valence-electron chi connectivity index (χ3n) is 6.14. The largest absolute Gasteiger partial charge is 0.353 e. The lowest BCUT2D eigenvalue weighted by Crippen LogP contribution is -2.49. The van der Waals surface area contributed by atoms with Gasteiger partial charge in [-0.2, -0.15) is 15.5 Å². The predicted molar refractivity (Wildman–Crippen MR) is 128 cm³/mol. The molecular formula is C24H25N9O. The highest BCUT2D eigenvalue weighted by atomic mass is 16.2. The zero-order chi connectivity index (χ0) is 23.7. The molecule has 0 aliphatic carbocycles. The van der Waals surface area contributed by atoms with E-state index in [4.69, 9.17) is 10.7 Å². The summed E-state index contributed by atoms with van der Waals surface area (Å²) in [5.41, 5.74) is 10.5. The number of carbonyl (C=O) groups is 1. The number of nitrogens with two attached hydrogens (primary N) is 1. The number of nitriles is 1. The van der Waals surface area contributed by atoms with Gasteiger partial charge in [0.2, 0.25) is 5.91 Å². The van der Waals surface area contributed by atoms with Gasteiger partial charge in [-0.05, 0) is 18.2 Å². The Kier molecular flexibility index (Phi) is 5.69. The van der Waals surface area contributed by atoms with Crippen molar-refractivity contribution in [2.75, 3.05) is 37.6 Å². The predicted octanol–water partition coefficient (Wildman–Crippen LogP) is 1.67. The first-order valence-electron chi connectivity index (χ1n) is 11.2. The van der Waals surface area contributed by atoms with Crippen molar-refractivity contribution in [1.29, 1.82) is 5.26 Å². The lowest BCUT2D eigenvalue weighted by atomic mass is 10.0. The van der Waals surface area contributed by atoms with Crippen molar-refractivity contribution in [3.8, 4) is 28.3 Å². The van der Waals surface area contributed by atoms with Crippen molar-refractivity contribution >= 4 is 17.2 Å². The first kappa shape index (κ1) is 21.6. The Morgan fingerprint density at radius 3 is 2.53 bits per heavy atom. The van der Waals surface area contributed by atoms with Crippen LogP contribution in [-0.2, 0) is 11.8 Å². The molecule has 1 aliphatic heterocycles. The van der Waals surface area contributed by atoms with Crippen LogP contribution in [0.5, 0.6) is 0 Å². The molecule has 2 N–H and O–H groups in total. The minimum Gasteiger partial charge on any atom is -0.353 e. The number of piperazine rings is 1. The van der Waals surface area contributed by atoms with Crippen molar-refractivity contribution in [1.82, 2.24) is 29.3 Å². The van der Waals surface area contributed by atoms with E-state index in [1.54, 1.807) is 21.6 Å². The van der Waals surface area contributed by atoms with E-state index in [-0.39, 0.29) is 5.91 Å². The quantitative estimate of drug-likeness (QED) is 0.486. The summed E-state index contributed by atoms with van der Waals surface area (Å²) in [5.74, 6) is 0.972. The van der Waals surface area contributed by atoms with Crippen molar-refractivity contribution in [2.45, 2.75) is 6.42 Å². The molecule has 34 heavy (non-hydrogen) atoms. The summed E-state index contributed by atoms with van der Waals surface area (Å²) < 4.78 is 3.49. The second-order valence-corrected chi connectivity index (χ2v) is 8.32.